The molecule has 4 nitrogen and oxygen atoms in total. The highest BCUT2D eigenvalue weighted by molar-refractivity contribution is 7.93. The van der Waals surface area contributed by atoms with Gasteiger partial charge in [0.25, 0.3) is 10.0 Å². The van der Waals surface area contributed by atoms with Gasteiger partial charge in [-0.3, -0.25) is 4.31 Å². The summed E-state index contributed by atoms with van der Waals surface area (Å²) >= 11 is 6.18. The van der Waals surface area contributed by atoms with E-state index in [-0.39, 0.29) is 9.92 Å². The SMILES string of the molecule is Cc1ccc(S(=O)(=O)N2CCNCc3ccccc32)c(Cl)c1. The van der Waals surface area contributed by atoms with Crippen LogP contribution in [0.15, 0.2) is 47.4 Å². The topological polar surface area (TPSA) is 49.4 Å². The quantitative estimate of drug-likeness (QED) is 0.917. The summed E-state index contributed by atoms with van der Waals surface area (Å²) in [5.41, 5.74) is 2.61. The number of benzene rings is 2. The van der Waals surface area contributed by atoms with Crippen molar-refractivity contribution >= 4 is 27.3 Å². The summed E-state index contributed by atoms with van der Waals surface area (Å²) in [7, 11) is -3.68. The first-order valence-electron chi connectivity index (χ1n) is 7.07. The summed E-state index contributed by atoms with van der Waals surface area (Å²) in [6.07, 6.45) is 0. The Morgan fingerprint density at radius 3 is 2.73 bits per heavy atom. The van der Waals surface area contributed by atoms with Crippen molar-refractivity contribution < 1.29 is 8.42 Å². The largest absolute Gasteiger partial charge is 0.311 e. The zero-order valence-corrected chi connectivity index (χ0v) is 13.8. The van der Waals surface area contributed by atoms with Gasteiger partial charge in [0.15, 0.2) is 0 Å². The summed E-state index contributed by atoms with van der Waals surface area (Å²) in [5, 5.41) is 3.50. The average Bonchev–Trinajstić information content (AvgIpc) is 2.69. The molecule has 6 heteroatoms. The smallest absolute Gasteiger partial charge is 0.265 e. The number of fused-ring (bicyclic) bond motifs is 1. The normalized spacial score (nSPS) is 15.3. The molecule has 0 bridgehead atoms. The number of rotatable bonds is 2. The van der Waals surface area contributed by atoms with E-state index in [1.807, 2.05) is 31.2 Å². The third-order valence-electron chi connectivity index (χ3n) is 3.72. The van der Waals surface area contributed by atoms with Gasteiger partial charge in [0.05, 0.1) is 10.7 Å². The van der Waals surface area contributed by atoms with Crippen LogP contribution in [0.25, 0.3) is 0 Å². The zero-order chi connectivity index (χ0) is 15.7. The van der Waals surface area contributed by atoms with Crippen LogP contribution in [0.2, 0.25) is 5.02 Å². The summed E-state index contributed by atoms with van der Waals surface area (Å²) in [4.78, 5) is 0.150. The molecule has 1 N–H and O–H groups in total. The van der Waals surface area contributed by atoms with Gasteiger partial charge < -0.3 is 5.32 Å². The Hall–Kier alpha value is -1.56. The summed E-state index contributed by atoms with van der Waals surface area (Å²) in [6.45, 7) is 3.51. The van der Waals surface area contributed by atoms with Crippen LogP contribution >= 0.6 is 11.6 Å². The van der Waals surface area contributed by atoms with Crippen molar-refractivity contribution in [2.45, 2.75) is 18.4 Å². The first-order chi connectivity index (χ1) is 10.5. The predicted molar refractivity (Wildman–Crippen MR) is 88.9 cm³/mol. The van der Waals surface area contributed by atoms with Crippen molar-refractivity contribution in [1.29, 1.82) is 0 Å². The molecule has 0 unspecified atom stereocenters. The number of nitrogens with zero attached hydrogens (tertiary/aromatic N) is 1. The molecular formula is C16H17ClN2O2S. The Morgan fingerprint density at radius 2 is 1.95 bits per heavy atom. The van der Waals surface area contributed by atoms with Crippen LogP contribution < -0.4 is 9.62 Å². The third-order valence-corrected chi connectivity index (χ3v) is 6.02. The maximum Gasteiger partial charge on any atom is 0.265 e. The second kappa shape index (κ2) is 5.91. The lowest BCUT2D eigenvalue weighted by molar-refractivity contribution is 0.589. The van der Waals surface area contributed by atoms with Crippen molar-refractivity contribution in [3.63, 3.8) is 0 Å². The number of para-hydroxylation sites is 1. The van der Waals surface area contributed by atoms with Gasteiger partial charge >= 0.3 is 0 Å². The number of anilines is 1. The third kappa shape index (κ3) is 2.72. The predicted octanol–water partition coefficient (Wildman–Crippen LogP) is 2.95. The van der Waals surface area contributed by atoms with Crippen molar-refractivity contribution in [1.82, 2.24) is 5.32 Å². The molecule has 1 aliphatic heterocycles. The number of hydrogen-bond donors (Lipinski definition) is 1. The van der Waals surface area contributed by atoms with Gasteiger partial charge in [-0.15, -0.1) is 0 Å². The van der Waals surface area contributed by atoms with Crippen LogP contribution in [0.4, 0.5) is 5.69 Å². The van der Waals surface area contributed by atoms with E-state index in [9.17, 15) is 8.42 Å². The standard InChI is InChI=1S/C16H17ClN2O2S/c1-12-6-7-16(14(17)10-12)22(20,21)19-9-8-18-11-13-4-2-3-5-15(13)19/h2-7,10,18H,8-9,11H2,1H3. The van der Waals surface area contributed by atoms with Crippen LogP contribution in [0.1, 0.15) is 11.1 Å². The lowest BCUT2D eigenvalue weighted by Gasteiger charge is -2.24. The fourth-order valence-corrected chi connectivity index (χ4v) is 4.69. The Kier molecular flexibility index (Phi) is 4.12. The van der Waals surface area contributed by atoms with E-state index in [2.05, 4.69) is 5.32 Å². The maximum absolute atomic E-state index is 13.0. The molecular weight excluding hydrogens is 320 g/mol. The Bertz CT molecular complexity index is 806. The summed E-state index contributed by atoms with van der Waals surface area (Å²) < 4.78 is 27.5. The summed E-state index contributed by atoms with van der Waals surface area (Å²) in [6, 6.07) is 12.6. The molecule has 116 valence electrons. The molecule has 22 heavy (non-hydrogen) atoms. The van der Waals surface area contributed by atoms with Gasteiger partial charge in [-0.05, 0) is 36.2 Å². The van der Waals surface area contributed by atoms with Crippen molar-refractivity contribution in [2.75, 3.05) is 17.4 Å². The van der Waals surface area contributed by atoms with E-state index < -0.39 is 10.0 Å². The van der Waals surface area contributed by atoms with E-state index in [1.54, 1.807) is 18.2 Å². The molecule has 0 aromatic heterocycles. The van der Waals surface area contributed by atoms with Crippen LogP contribution in [-0.4, -0.2) is 21.5 Å². The highest BCUT2D eigenvalue weighted by Gasteiger charge is 2.29. The lowest BCUT2D eigenvalue weighted by atomic mass is 10.2. The molecule has 0 spiro atoms. The first-order valence-corrected chi connectivity index (χ1v) is 8.89. The summed E-state index contributed by atoms with van der Waals surface area (Å²) in [5.74, 6) is 0. The molecule has 0 atom stereocenters. The van der Waals surface area contributed by atoms with Crippen LogP contribution in [0.3, 0.4) is 0 Å². The van der Waals surface area contributed by atoms with Crippen molar-refractivity contribution in [2.24, 2.45) is 0 Å². The van der Waals surface area contributed by atoms with E-state index in [0.29, 0.717) is 25.3 Å². The Labute approximate surface area is 135 Å². The molecule has 2 aromatic carbocycles. The van der Waals surface area contributed by atoms with Gasteiger partial charge in [-0.25, -0.2) is 8.42 Å². The molecule has 1 heterocycles. The van der Waals surface area contributed by atoms with E-state index in [0.717, 1.165) is 11.1 Å². The minimum absolute atomic E-state index is 0.150. The van der Waals surface area contributed by atoms with Crippen LogP contribution in [-0.2, 0) is 16.6 Å². The van der Waals surface area contributed by atoms with Gasteiger partial charge in [0.2, 0.25) is 0 Å². The molecule has 0 radical (unpaired) electrons. The average molecular weight is 337 g/mol. The van der Waals surface area contributed by atoms with Crippen LogP contribution in [0.5, 0.6) is 0 Å². The molecule has 2 aromatic rings. The number of aryl methyl sites for hydroxylation is 1. The lowest BCUT2D eigenvalue weighted by Crippen LogP contribution is -2.34. The second-order valence-corrected chi connectivity index (χ2v) is 7.55. The highest BCUT2D eigenvalue weighted by atomic mass is 35.5. The number of hydrogen-bond acceptors (Lipinski definition) is 3. The maximum atomic E-state index is 13.0. The second-order valence-electron chi connectivity index (χ2n) is 5.32. The minimum atomic E-state index is -3.68. The van der Waals surface area contributed by atoms with Gasteiger partial charge in [-0.2, -0.15) is 0 Å². The van der Waals surface area contributed by atoms with Crippen LogP contribution in [0, 0.1) is 6.92 Å². The zero-order valence-electron chi connectivity index (χ0n) is 12.2. The van der Waals surface area contributed by atoms with E-state index >= 15 is 0 Å². The Balaban J connectivity index is 2.13. The highest BCUT2D eigenvalue weighted by Crippen LogP contribution is 2.31. The Morgan fingerprint density at radius 1 is 1.18 bits per heavy atom. The fraction of sp³-hybridized carbons (Fsp3) is 0.250. The van der Waals surface area contributed by atoms with Crippen molar-refractivity contribution in [3.05, 3.63) is 58.6 Å². The number of nitrogens with one attached hydrogen (secondary N) is 1. The molecule has 3 rings (SSSR count). The monoisotopic (exact) mass is 336 g/mol. The number of sulfonamides is 1. The van der Waals surface area contributed by atoms with E-state index in [4.69, 9.17) is 11.6 Å². The minimum Gasteiger partial charge on any atom is -0.311 e. The molecule has 0 fully saturated rings. The van der Waals surface area contributed by atoms with E-state index in [1.165, 1.54) is 4.31 Å². The van der Waals surface area contributed by atoms with Gasteiger partial charge in [0.1, 0.15) is 4.90 Å². The number of halogens is 1. The fourth-order valence-electron chi connectivity index (χ4n) is 2.61. The molecule has 0 saturated carbocycles. The molecule has 0 saturated heterocycles. The molecule has 1 aliphatic rings. The van der Waals surface area contributed by atoms with Gasteiger partial charge in [-0.1, -0.05) is 35.9 Å². The van der Waals surface area contributed by atoms with Gasteiger partial charge in [0, 0.05) is 19.6 Å². The molecule has 0 amide bonds. The molecule has 0 aliphatic carbocycles. The first kappa shape index (κ1) is 15.3. The van der Waals surface area contributed by atoms with Crippen molar-refractivity contribution in [3.8, 4) is 0 Å².